The largest absolute Gasteiger partial charge is 0.347 e. The third-order valence-corrected chi connectivity index (χ3v) is 4.17. The van der Waals surface area contributed by atoms with Gasteiger partial charge in [0.15, 0.2) is 5.69 Å². The fourth-order valence-corrected chi connectivity index (χ4v) is 2.67. The molecule has 0 saturated carbocycles. The van der Waals surface area contributed by atoms with E-state index in [-0.39, 0.29) is 17.5 Å². The molecule has 3 aromatic rings. The van der Waals surface area contributed by atoms with Gasteiger partial charge in [0.25, 0.3) is 11.8 Å². The van der Waals surface area contributed by atoms with Gasteiger partial charge < -0.3 is 10.6 Å². The number of nitrogens with one attached hydrogen (secondary N) is 2. The average molecular weight is 341 g/mol. The molecule has 3 heterocycles. The fourth-order valence-electron chi connectivity index (χ4n) is 2.05. The van der Waals surface area contributed by atoms with Crippen LogP contribution in [0.2, 0.25) is 0 Å². The lowest BCUT2D eigenvalue weighted by Crippen LogP contribution is -2.23. The van der Waals surface area contributed by atoms with Crippen molar-refractivity contribution in [2.75, 3.05) is 5.32 Å². The zero-order valence-corrected chi connectivity index (χ0v) is 13.7. The van der Waals surface area contributed by atoms with Gasteiger partial charge in [-0.2, -0.15) is 5.10 Å². The highest BCUT2D eigenvalue weighted by molar-refractivity contribution is 7.12. The molecule has 0 aliphatic carbocycles. The van der Waals surface area contributed by atoms with E-state index in [9.17, 15) is 9.59 Å². The summed E-state index contributed by atoms with van der Waals surface area (Å²) in [5.74, 6) is -0.0711. The number of hydrogen-bond donors (Lipinski definition) is 2. The number of thiophene rings is 1. The van der Waals surface area contributed by atoms with E-state index in [1.54, 1.807) is 37.6 Å². The van der Waals surface area contributed by atoms with E-state index in [2.05, 4.69) is 20.7 Å². The van der Waals surface area contributed by atoms with Gasteiger partial charge in [-0.15, -0.1) is 11.3 Å². The summed E-state index contributed by atoms with van der Waals surface area (Å²) in [6, 6.07) is 8.74. The van der Waals surface area contributed by atoms with Crippen molar-refractivity contribution in [1.29, 1.82) is 0 Å². The zero-order chi connectivity index (χ0) is 16.9. The second kappa shape index (κ2) is 7.05. The molecule has 0 spiro atoms. The van der Waals surface area contributed by atoms with Gasteiger partial charge >= 0.3 is 0 Å². The van der Waals surface area contributed by atoms with Crippen molar-refractivity contribution in [3.05, 3.63) is 64.2 Å². The van der Waals surface area contributed by atoms with Gasteiger partial charge in [0.05, 0.1) is 4.88 Å². The van der Waals surface area contributed by atoms with Crippen LogP contribution in [0.15, 0.2) is 48.1 Å². The SMILES string of the molecule is Cn1nc(C(=O)NCc2ccncc2)cc1NC(=O)c1cccs1. The minimum Gasteiger partial charge on any atom is -0.347 e. The minimum atomic E-state index is -0.306. The number of aromatic nitrogens is 3. The van der Waals surface area contributed by atoms with Gasteiger partial charge in [-0.05, 0) is 29.1 Å². The molecule has 2 N–H and O–H groups in total. The molecule has 0 aromatic carbocycles. The van der Waals surface area contributed by atoms with Gasteiger partial charge in [-0.3, -0.25) is 19.3 Å². The summed E-state index contributed by atoms with van der Waals surface area (Å²) < 4.78 is 1.47. The molecule has 8 heteroatoms. The molecule has 0 aliphatic rings. The minimum absolute atomic E-state index is 0.225. The lowest BCUT2D eigenvalue weighted by molar-refractivity contribution is 0.0944. The number of pyridine rings is 1. The molecule has 3 rings (SSSR count). The Labute approximate surface area is 142 Å². The third kappa shape index (κ3) is 3.66. The van der Waals surface area contributed by atoms with Crippen LogP contribution in [0.4, 0.5) is 5.82 Å². The number of anilines is 1. The standard InChI is InChI=1S/C16H15N5O2S/c1-21-14(19-16(23)13-3-2-8-24-13)9-12(20-21)15(22)18-10-11-4-6-17-7-5-11/h2-9H,10H2,1H3,(H,18,22)(H,19,23). The number of aryl methyl sites for hydroxylation is 1. The van der Waals surface area contributed by atoms with Crippen LogP contribution in [-0.4, -0.2) is 26.6 Å². The first-order valence-corrected chi connectivity index (χ1v) is 8.07. The monoisotopic (exact) mass is 341 g/mol. The Kier molecular flexibility index (Phi) is 4.66. The Bertz CT molecular complexity index is 843. The Morgan fingerprint density at radius 2 is 2.00 bits per heavy atom. The van der Waals surface area contributed by atoms with Crippen LogP contribution in [0.1, 0.15) is 25.7 Å². The summed E-state index contributed by atoms with van der Waals surface area (Å²) in [7, 11) is 1.67. The average Bonchev–Trinajstić information content (AvgIpc) is 3.24. The highest BCUT2D eigenvalue weighted by Crippen LogP contribution is 2.14. The molecular formula is C16H15N5O2S. The van der Waals surface area contributed by atoms with Crippen LogP contribution < -0.4 is 10.6 Å². The first kappa shape index (κ1) is 15.9. The van der Waals surface area contributed by atoms with Crippen LogP contribution in [0.5, 0.6) is 0 Å². The maximum atomic E-state index is 12.2. The lowest BCUT2D eigenvalue weighted by Gasteiger charge is -2.02. The molecule has 7 nitrogen and oxygen atoms in total. The lowest BCUT2D eigenvalue weighted by atomic mass is 10.2. The maximum absolute atomic E-state index is 12.2. The fraction of sp³-hybridized carbons (Fsp3) is 0.125. The Balaban J connectivity index is 1.64. The van der Waals surface area contributed by atoms with Crippen molar-refractivity contribution in [1.82, 2.24) is 20.1 Å². The second-order valence-corrected chi connectivity index (χ2v) is 5.96. The van der Waals surface area contributed by atoms with Gasteiger partial charge in [0, 0.05) is 32.1 Å². The predicted octanol–water partition coefficient (Wildman–Crippen LogP) is 2.06. The van der Waals surface area contributed by atoms with E-state index in [4.69, 9.17) is 0 Å². The number of hydrogen-bond acceptors (Lipinski definition) is 5. The number of nitrogens with zero attached hydrogens (tertiary/aromatic N) is 3. The molecule has 0 aliphatic heterocycles. The molecule has 0 radical (unpaired) electrons. The van der Waals surface area contributed by atoms with Crippen molar-refractivity contribution in [2.24, 2.45) is 7.05 Å². The Morgan fingerprint density at radius 1 is 1.21 bits per heavy atom. The van der Waals surface area contributed by atoms with Crippen LogP contribution >= 0.6 is 11.3 Å². The smallest absolute Gasteiger partial charge is 0.272 e. The highest BCUT2D eigenvalue weighted by Gasteiger charge is 2.15. The van der Waals surface area contributed by atoms with Gasteiger partial charge in [-0.1, -0.05) is 6.07 Å². The van der Waals surface area contributed by atoms with Crippen molar-refractivity contribution in [3.8, 4) is 0 Å². The molecule has 122 valence electrons. The van der Waals surface area contributed by atoms with E-state index < -0.39 is 0 Å². The Hall–Kier alpha value is -3.00. The molecule has 24 heavy (non-hydrogen) atoms. The number of amides is 2. The highest BCUT2D eigenvalue weighted by atomic mass is 32.1. The molecular weight excluding hydrogens is 326 g/mol. The topological polar surface area (TPSA) is 88.9 Å². The zero-order valence-electron chi connectivity index (χ0n) is 12.9. The molecule has 0 bridgehead atoms. The molecule has 0 unspecified atom stereocenters. The molecule has 0 saturated heterocycles. The van der Waals surface area contributed by atoms with Crippen LogP contribution in [-0.2, 0) is 13.6 Å². The van der Waals surface area contributed by atoms with Crippen LogP contribution in [0, 0.1) is 0 Å². The molecule has 0 atom stereocenters. The summed E-state index contributed by atoms with van der Waals surface area (Å²) in [6.45, 7) is 0.384. The van der Waals surface area contributed by atoms with E-state index in [0.717, 1.165) is 5.56 Å². The van der Waals surface area contributed by atoms with Gasteiger partial charge in [0.2, 0.25) is 0 Å². The first-order chi connectivity index (χ1) is 11.6. The second-order valence-electron chi connectivity index (χ2n) is 5.01. The van der Waals surface area contributed by atoms with Gasteiger partial charge in [-0.25, -0.2) is 0 Å². The summed E-state index contributed by atoms with van der Waals surface area (Å²) in [5, 5.41) is 11.5. The van der Waals surface area contributed by atoms with Crippen LogP contribution in [0.25, 0.3) is 0 Å². The van der Waals surface area contributed by atoms with E-state index in [0.29, 0.717) is 17.2 Å². The van der Waals surface area contributed by atoms with E-state index in [1.807, 2.05) is 17.5 Å². The summed E-state index contributed by atoms with van der Waals surface area (Å²) in [6.07, 6.45) is 3.33. The number of carbonyl (C=O) groups is 2. The normalized spacial score (nSPS) is 10.4. The van der Waals surface area contributed by atoms with Crippen molar-refractivity contribution in [2.45, 2.75) is 6.54 Å². The van der Waals surface area contributed by atoms with E-state index >= 15 is 0 Å². The summed E-state index contributed by atoms with van der Waals surface area (Å²) in [5.41, 5.74) is 1.19. The van der Waals surface area contributed by atoms with Crippen LogP contribution in [0.3, 0.4) is 0 Å². The predicted molar refractivity (Wildman–Crippen MR) is 90.9 cm³/mol. The number of carbonyl (C=O) groups excluding carboxylic acids is 2. The Morgan fingerprint density at radius 3 is 2.71 bits per heavy atom. The molecule has 3 aromatic heterocycles. The van der Waals surface area contributed by atoms with E-state index in [1.165, 1.54) is 16.0 Å². The quantitative estimate of drug-likeness (QED) is 0.743. The maximum Gasteiger partial charge on any atom is 0.272 e. The third-order valence-electron chi connectivity index (χ3n) is 3.30. The summed E-state index contributed by atoms with van der Waals surface area (Å²) >= 11 is 1.35. The van der Waals surface area contributed by atoms with Crippen molar-refractivity contribution < 1.29 is 9.59 Å². The molecule has 0 fully saturated rings. The van der Waals surface area contributed by atoms with Crippen molar-refractivity contribution in [3.63, 3.8) is 0 Å². The first-order valence-electron chi connectivity index (χ1n) is 7.19. The molecule has 2 amide bonds. The van der Waals surface area contributed by atoms with Crippen molar-refractivity contribution >= 4 is 29.0 Å². The summed E-state index contributed by atoms with van der Waals surface area (Å²) in [4.78, 5) is 28.8. The van der Waals surface area contributed by atoms with Gasteiger partial charge in [0.1, 0.15) is 5.82 Å². The number of rotatable bonds is 5.